The molecular formula is C16H16Cl2O6S2. The summed E-state index contributed by atoms with van der Waals surface area (Å²) < 4.78 is 35.0. The average molecular weight is 439 g/mol. The number of phenolic OH excluding ortho intramolecular Hbond substituents is 1. The number of aromatic hydroxyl groups is 1. The van der Waals surface area contributed by atoms with E-state index < -0.39 is 21.9 Å². The summed E-state index contributed by atoms with van der Waals surface area (Å²) in [6.45, 7) is 1.87. The van der Waals surface area contributed by atoms with Gasteiger partial charge in [-0.3, -0.25) is 0 Å². The largest absolute Gasteiger partial charge is 0.507 e. The summed E-state index contributed by atoms with van der Waals surface area (Å²) in [7, 11) is -2.21. The van der Waals surface area contributed by atoms with E-state index in [1.165, 1.54) is 31.4 Å². The van der Waals surface area contributed by atoms with Crippen molar-refractivity contribution in [2.75, 3.05) is 13.7 Å². The molecule has 1 atom stereocenters. The normalized spacial score (nSPS) is 12.8. The number of hydrogen-bond donors (Lipinski definition) is 1. The van der Waals surface area contributed by atoms with Crippen molar-refractivity contribution in [3.05, 3.63) is 44.8 Å². The number of rotatable bonds is 7. The molecule has 2 aromatic rings. The van der Waals surface area contributed by atoms with E-state index in [-0.39, 0.29) is 37.2 Å². The number of halogens is 2. The highest BCUT2D eigenvalue weighted by Gasteiger charge is 2.22. The number of thiophene rings is 1. The zero-order valence-electron chi connectivity index (χ0n) is 13.9. The Morgan fingerprint density at radius 1 is 1.31 bits per heavy atom. The maximum absolute atomic E-state index is 12.4. The molecule has 0 fully saturated rings. The number of carbonyl (C=O) groups excluding carboxylic acids is 1. The van der Waals surface area contributed by atoms with Gasteiger partial charge in [-0.1, -0.05) is 29.3 Å². The van der Waals surface area contributed by atoms with Crippen LogP contribution in [-0.2, 0) is 25.1 Å². The quantitative estimate of drug-likeness (QED) is 0.658. The fourth-order valence-electron chi connectivity index (χ4n) is 2.13. The molecule has 1 unspecified atom stereocenters. The molecule has 1 heterocycles. The Bertz CT molecular complexity index is 888. The van der Waals surface area contributed by atoms with Crippen molar-refractivity contribution in [1.82, 2.24) is 0 Å². The lowest BCUT2D eigenvalue weighted by molar-refractivity contribution is 0.0117. The van der Waals surface area contributed by atoms with Crippen LogP contribution in [0.1, 0.15) is 22.8 Å². The molecule has 2 rings (SSSR count). The topological polar surface area (TPSA) is 89.9 Å². The fraction of sp³-hybridized carbons (Fsp3) is 0.312. The Morgan fingerprint density at radius 2 is 2.00 bits per heavy atom. The molecule has 0 aliphatic heterocycles. The van der Waals surface area contributed by atoms with Gasteiger partial charge in [-0.15, -0.1) is 11.3 Å². The predicted octanol–water partition coefficient (Wildman–Crippen LogP) is 3.93. The van der Waals surface area contributed by atoms with E-state index in [4.69, 9.17) is 32.7 Å². The number of hydrogen-bond acceptors (Lipinski definition) is 7. The van der Waals surface area contributed by atoms with Crippen molar-refractivity contribution in [3.63, 3.8) is 0 Å². The first kappa shape index (κ1) is 21.0. The van der Waals surface area contributed by atoms with E-state index in [0.717, 1.165) is 11.3 Å². The van der Waals surface area contributed by atoms with E-state index in [2.05, 4.69) is 0 Å². The van der Waals surface area contributed by atoms with Crippen LogP contribution in [0.2, 0.25) is 9.36 Å². The van der Waals surface area contributed by atoms with Gasteiger partial charge in [-0.05, 0) is 30.7 Å². The van der Waals surface area contributed by atoms with Crippen molar-refractivity contribution >= 4 is 50.3 Å². The standard InChI is InChI=1S/C16H16Cl2O6S2/c1-9(7-23-2)24-16(20)11-4-3-10(5-13(11)19)8-26(21,22)14-6-12(17)15(18)25-14/h3-6,9,19H,7-8H2,1-2H3. The Kier molecular flexibility index (Phi) is 6.92. The average Bonchev–Trinajstić information content (AvgIpc) is 2.87. The van der Waals surface area contributed by atoms with E-state index in [1.807, 2.05) is 0 Å². The summed E-state index contributed by atoms with van der Waals surface area (Å²) in [5, 5.41) is 10.2. The maximum atomic E-state index is 12.4. The summed E-state index contributed by atoms with van der Waals surface area (Å²) in [6.07, 6.45) is -0.486. The molecule has 0 aliphatic rings. The van der Waals surface area contributed by atoms with Gasteiger partial charge < -0.3 is 14.6 Å². The van der Waals surface area contributed by atoms with Gasteiger partial charge in [0.2, 0.25) is 0 Å². The Morgan fingerprint density at radius 3 is 2.54 bits per heavy atom. The van der Waals surface area contributed by atoms with Crippen LogP contribution in [0.25, 0.3) is 0 Å². The molecule has 0 bridgehead atoms. The van der Waals surface area contributed by atoms with E-state index in [1.54, 1.807) is 6.92 Å². The molecule has 26 heavy (non-hydrogen) atoms. The fourth-order valence-corrected chi connectivity index (χ4v) is 5.42. The number of benzene rings is 1. The molecule has 10 heteroatoms. The lowest BCUT2D eigenvalue weighted by atomic mass is 10.1. The van der Waals surface area contributed by atoms with Gasteiger partial charge in [-0.2, -0.15) is 0 Å². The van der Waals surface area contributed by atoms with Crippen molar-refractivity contribution in [1.29, 1.82) is 0 Å². The smallest absolute Gasteiger partial charge is 0.342 e. The highest BCUT2D eigenvalue weighted by Crippen LogP contribution is 2.36. The number of ether oxygens (including phenoxy) is 2. The van der Waals surface area contributed by atoms with Crippen molar-refractivity contribution in [2.45, 2.75) is 23.0 Å². The van der Waals surface area contributed by atoms with Gasteiger partial charge in [0.05, 0.1) is 17.4 Å². The first-order chi connectivity index (χ1) is 12.1. The summed E-state index contributed by atoms with van der Waals surface area (Å²) in [4.78, 5) is 12.0. The zero-order valence-corrected chi connectivity index (χ0v) is 17.0. The second-order valence-corrected chi connectivity index (χ2v) is 9.75. The highest BCUT2D eigenvalue weighted by molar-refractivity contribution is 7.92. The predicted molar refractivity (Wildman–Crippen MR) is 100 cm³/mol. The number of sulfone groups is 1. The monoisotopic (exact) mass is 438 g/mol. The molecule has 0 spiro atoms. The number of carbonyl (C=O) groups is 1. The van der Waals surface area contributed by atoms with Crippen LogP contribution in [0.5, 0.6) is 5.75 Å². The van der Waals surface area contributed by atoms with E-state index in [9.17, 15) is 18.3 Å². The second-order valence-electron chi connectivity index (χ2n) is 5.47. The van der Waals surface area contributed by atoms with Gasteiger partial charge in [-0.25, -0.2) is 13.2 Å². The van der Waals surface area contributed by atoms with Crippen molar-refractivity contribution < 1.29 is 27.8 Å². The molecule has 6 nitrogen and oxygen atoms in total. The highest BCUT2D eigenvalue weighted by atomic mass is 35.5. The van der Waals surface area contributed by atoms with Gasteiger partial charge in [0.25, 0.3) is 0 Å². The van der Waals surface area contributed by atoms with Crippen LogP contribution >= 0.6 is 34.5 Å². The van der Waals surface area contributed by atoms with Crippen LogP contribution < -0.4 is 0 Å². The molecule has 0 radical (unpaired) electrons. The Balaban J connectivity index is 2.17. The van der Waals surface area contributed by atoms with E-state index >= 15 is 0 Å². The minimum atomic E-state index is -3.69. The Labute approximate surface area is 165 Å². The lowest BCUT2D eigenvalue weighted by Gasteiger charge is -2.13. The molecule has 1 aromatic carbocycles. The molecule has 1 N–H and O–H groups in total. The van der Waals surface area contributed by atoms with Crippen LogP contribution in [0.15, 0.2) is 28.5 Å². The molecule has 0 saturated carbocycles. The third kappa shape index (κ3) is 5.11. The Hall–Kier alpha value is -1.32. The van der Waals surface area contributed by atoms with Crippen LogP contribution in [0.3, 0.4) is 0 Å². The minimum Gasteiger partial charge on any atom is -0.507 e. The molecule has 142 valence electrons. The summed E-state index contributed by atoms with van der Waals surface area (Å²) in [5.74, 6) is -1.46. The lowest BCUT2D eigenvalue weighted by Crippen LogP contribution is -2.19. The first-order valence-electron chi connectivity index (χ1n) is 7.33. The number of methoxy groups -OCH3 is 1. The van der Waals surface area contributed by atoms with Gasteiger partial charge in [0.1, 0.15) is 26.0 Å². The SMILES string of the molecule is COCC(C)OC(=O)c1ccc(CS(=O)(=O)c2cc(Cl)c(Cl)s2)cc1O. The van der Waals surface area contributed by atoms with Crippen LogP contribution in [0.4, 0.5) is 0 Å². The number of phenols is 1. The van der Waals surface area contributed by atoms with Crippen LogP contribution in [-0.4, -0.2) is 39.3 Å². The van der Waals surface area contributed by atoms with Crippen molar-refractivity contribution in [3.8, 4) is 5.75 Å². The first-order valence-corrected chi connectivity index (χ1v) is 10.6. The van der Waals surface area contributed by atoms with Crippen LogP contribution in [0, 0.1) is 0 Å². The maximum Gasteiger partial charge on any atom is 0.342 e. The zero-order chi connectivity index (χ0) is 19.5. The second kappa shape index (κ2) is 8.58. The molecule has 0 saturated heterocycles. The summed E-state index contributed by atoms with van der Waals surface area (Å²) in [6, 6.07) is 5.25. The van der Waals surface area contributed by atoms with Gasteiger partial charge >= 0.3 is 5.97 Å². The summed E-state index contributed by atoms with van der Waals surface area (Å²) >= 11 is 12.5. The van der Waals surface area contributed by atoms with Crippen molar-refractivity contribution in [2.24, 2.45) is 0 Å². The molecule has 0 amide bonds. The molecule has 1 aromatic heterocycles. The molecule has 0 aliphatic carbocycles. The minimum absolute atomic E-state index is 0.0314. The summed E-state index contributed by atoms with van der Waals surface area (Å²) in [5.41, 5.74) is 0.251. The third-order valence-electron chi connectivity index (χ3n) is 3.28. The molecular weight excluding hydrogens is 423 g/mol. The number of esters is 1. The van der Waals surface area contributed by atoms with Gasteiger partial charge in [0.15, 0.2) is 9.84 Å². The van der Waals surface area contributed by atoms with E-state index in [0.29, 0.717) is 5.56 Å². The van der Waals surface area contributed by atoms with Gasteiger partial charge in [0, 0.05) is 7.11 Å². The third-order valence-corrected chi connectivity index (χ3v) is 7.39.